The minimum atomic E-state index is -1.30. The maximum absolute atomic E-state index is 12.6. The molecule has 1 amide bonds. The van der Waals surface area contributed by atoms with Gasteiger partial charge in [0.15, 0.2) is 4.32 Å². The number of hydrogen-bond donors (Lipinski definition) is 3. The number of phenolic OH excluding ortho intramolecular Hbond substituents is 1. The van der Waals surface area contributed by atoms with Crippen molar-refractivity contribution in [3.05, 3.63) is 58.5 Å². The normalized spacial score (nSPS) is 15.8. The number of aromatic hydroxyl groups is 2. The molecule has 2 aromatic carbocycles. The van der Waals surface area contributed by atoms with Crippen LogP contribution in [0.3, 0.4) is 0 Å². The number of thiocarbonyl (C=S) groups is 1. The Balaban J connectivity index is 1.95. The van der Waals surface area contributed by atoms with Gasteiger partial charge in [-0.15, -0.1) is 0 Å². The molecule has 0 spiro atoms. The second-order valence-electron chi connectivity index (χ2n) is 5.12. The van der Waals surface area contributed by atoms with Crippen molar-refractivity contribution < 1.29 is 24.9 Å². The lowest BCUT2D eigenvalue weighted by molar-refractivity contribution is -0.113. The summed E-state index contributed by atoms with van der Waals surface area (Å²) in [4.78, 5) is 25.4. The molecule has 0 radical (unpaired) electrons. The van der Waals surface area contributed by atoms with E-state index in [1.165, 1.54) is 35.2 Å². The number of benzene rings is 2. The zero-order chi connectivity index (χ0) is 18.1. The van der Waals surface area contributed by atoms with E-state index in [0.29, 0.717) is 4.91 Å². The number of carbonyl (C=O) groups excluding carboxylic acids is 1. The lowest BCUT2D eigenvalue weighted by atomic mass is 10.1. The summed E-state index contributed by atoms with van der Waals surface area (Å²) in [5.41, 5.74) is 0.677. The highest BCUT2D eigenvalue weighted by molar-refractivity contribution is 8.27. The standard InChI is InChI=1S/C17H11NO5S2/c19-11-4-1-9(2-5-11)7-14-15(21)18(17(24)25-14)10-3-6-13(20)12(8-10)16(22)23/h1-8,19-20H,(H,22,23)/b14-7-. The Bertz CT molecular complexity index is 921. The summed E-state index contributed by atoms with van der Waals surface area (Å²) in [5.74, 6) is -1.95. The third-order valence-corrected chi connectivity index (χ3v) is 4.76. The van der Waals surface area contributed by atoms with Crippen LogP contribution in [0.4, 0.5) is 5.69 Å². The lowest BCUT2D eigenvalue weighted by Gasteiger charge is -2.15. The molecule has 126 valence electrons. The highest BCUT2D eigenvalue weighted by Crippen LogP contribution is 2.37. The lowest BCUT2D eigenvalue weighted by Crippen LogP contribution is -2.27. The Labute approximate surface area is 152 Å². The van der Waals surface area contributed by atoms with Crippen molar-refractivity contribution in [2.75, 3.05) is 4.90 Å². The third kappa shape index (κ3) is 3.35. The van der Waals surface area contributed by atoms with E-state index < -0.39 is 5.97 Å². The van der Waals surface area contributed by atoms with Crippen molar-refractivity contribution in [3.8, 4) is 11.5 Å². The molecule has 1 aliphatic rings. The van der Waals surface area contributed by atoms with E-state index in [1.54, 1.807) is 18.2 Å². The number of nitrogens with zero attached hydrogens (tertiary/aromatic N) is 1. The van der Waals surface area contributed by atoms with Crippen LogP contribution >= 0.6 is 24.0 Å². The summed E-state index contributed by atoms with van der Waals surface area (Å²) < 4.78 is 0.261. The van der Waals surface area contributed by atoms with Crippen LogP contribution in [0.25, 0.3) is 6.08 Å². The zero-order valence-electron chi connectivity index (χ0n) is 12.5. The minimum Gasteiger partial charge on any atom is -0.508 e. The first kappa shape index (κ1) is 17.0. The van der Waals surface area contributed by atoms with Crippen molar-refractivity contribution >= 4 is 51.9 Å². The smallest absolute Gasteiger partial charge is 0.339 e. The maximum atomic E-state index is 12.6. The fourth-order valence-corrected chi connectivity index (χ4v) is 3.55. The highest BCUT2D eigenvalue weighted by atomic mass is 32.2. The van der Waals surface area contributed by atoms with Gasteiger partial charge in [-0.3, -0.25) is 9.69 Å². The summed E-state index contributed by atoms with van der Waals surface area (Å²) in [6.45, 7) is 0. The van der Waals surface area contributed by atoms with Crippen LogP contribution < -0.4 is 4.90 Å². The third-order valence-electron chi connectivity index (χ3n) is 3.45. The van der Waals surface area contributed by atoms with Crippen LogP contribution in [0.2, 0.25) is 0 Å². The summed E-state index contributed by atoms with van der Waals surface area (Å²) in [6, 6.07) is 10.2. The number of carboxylic acid groups (broad SMARTS) is 1. The number of carbonyl (C=O) groups is 2. The number of anilines is 1. The first-order valence-electron chi connectivity index (χ1n) is 7.00. The van der Waals surface area contributed by atoms with Crippen molar-refractivity contribution in [2.45, 2.75) is 0 Å². The fraction of sp³-hybridized carbons (Fsp3) is 0. The summed E-state index contributed by atoms with van der Waals surface area (Å²) >= 11 is 6.32. The Morgan fingerprint density at radius 1 is 1.12 bits per heavy atom. The van der Waals surface area contributed by atoms with Gasteiger partial charge in [0, 0.05) is 0 Å². The molecule has 0 aromatic heterocycles. The van der Waals surface area contributed by atoms with Gasteiger partial charge in [0.1, 0.15) is 17.1 Å². The van der Waals surface area contributed by atoms with Crippen LogP contribution in [-0.4, -0.2) is 31.5 Å². The van der Waals surface area contributed by atoms with Crippen LogP contribution in [0.1, 0.15) is 15.9 Å². The van der Waals surface area contributed by atoms with Gasteiger partial charge in [-0.05, 0) is 42.0 Å². The van der Waals surface area contributed by atoms with Crippen LogP contribution in [0.5, 0.6) is 11.5 Å². The first-order valence-corrected chi connectivity index (χ1v) is 8.22. The van der Waals surface area contributed by atoms with E-state index in [0.717, 1.165) is 17.3 Å². The van der Waals surface area contributed by atoms with E-state index >= 15 is 0 Å². The van der Waals surface area contributed by atoms with E-state index in [-0.39, 0.29) is 33.0 Å². The second-order valence-corrected chi connectivity index (χ2v) is 6.79. The van der Waals surface area contributed by atoms with Gasteiger partial charge in [0.25, 0.3) is 5.91 Å². The zero-order valence-corrected chi connectivity index (χ0v) is 14.2. The van der Waals surface area contributed by atoms with Crippen LogP contribution in [0.15, 0.2) is 47.4 Å². The molecule has 3 N–H and O–H groups in total. The number of carboxylic acids is 1. The van der Waals surface area contributed by atoms with Crippen LogP contribution in [-0.2, 0) is 4.79 Å². The van der Waals surface area contributed by atoms with E-state index in [9.17, 15) is 19.8 Å². The van der Waals surface area contributed by atoms with Crippen molar-refractivity contribution in [1.82, 2.24) is 0 Å². The molecule has 2 aromatic rings. The van der Waals surface area contributed by atoms with Gasteiger partial charge in [0.2, 0.25) is 0 Å². The van der Waals surface area contributed by atoms with Crippen LogP contribution in [0, 0.1) is 0 Å². The van der Waals surface area contributed by atoms with Gasteiger partial charge < -0.3 is 15.3 Å². The van der Waals surface area contributed by atoms with Crippen molar-refractivity contribution in [1.29, 1.82) is 0 Å². The molecule has 0 bridgehead atoms. The molecule has 6 nitrogen and oxygen atoms in total. The number of amides is 1. The summed E-state index contributed by atoms with van der Waals surface area (Å²) in [7, 11) is 0. The number of rotatable bonds is 3. The molecular weight excluding hydrogens is 362 g/mol. The van der Waals surface area contributed by atoms with E-state index in [2.05, 4.69) is 0 Å². The number of aromatic carboxylic acids is 1. The Morgan fingerprint density at radius 3 is 2.44 bits per heavy atom. The van der Waals surface area contributed by atoms with Gasteiger partial charge in [-0.25, -0.2) is 4.79 Å². The van der Waals surface area contributed by atoms with Gasteiger partial charge in [-0.1, -0.05) is 36.1 Å². The largest absolute Gasteiger partial charge is 0.508 e. The van der Waals surface area contributed by atoms with Gasteiger partial charge in [-0.2, -0.15) is 0 Å². The average molecular weight is 373 g/mol. The van der Waals surface area contributed by atoms with Crippen molar-refractivity contribution in [2.24, 2.45) is 0 Å². The summed E-state index contributed by atoms with van der Waals surface area (Å²) in [6.07, 6.45) is 1.64. The second kappa shape index (κ2) is 6.58. The predicted octanol–water partition coefficient (Wildman–Crippen LogP) is 3.20. The topological polar surface area (TPSA) is 98.1 Å². The molecule has 1 fully saturated rings. The fourth-order valence-electron chi connectivity index (χ4n) is 2.25. The van der Waals surface area contributed by atoms with Crippen molar-refractivity contribution in [3.63, 3.8) is 0 Å². The number of hydrogen-bond acceptors (Lipinski definition) is 6. The Morgan fingerprint density at radius 2 is 1.80 bits per heavy atom. The number of thioether (sulfide) groups is 1. The van der Waals surface area contributed by atoms with E-state index in [4.69, 9.17) is 17.3 Å². The average Bonchev–Trinajstić information content (AvgIpc) is 2.84. The Kier molecular flexibility index (Phi) is 4.47. The first-order chi connectivity index (χ1) is 11.9. The molecule has 25 heavy (non-hydrogen) atoms. The molecule has 0 saturated carbocycles. The molecule has 1 heterocycles. The molecule has 3 rings (SSSR count). The SMILES string of the molecule is O=C(O)c1cc(N2C(=O)/C(=C/c3ccc(O)cc3)SC2=S)ccc1O. The monoisotopic (exact) mass is 373 g/mol. The maximum Gasteiger partial charge on any atom is 0.339 e. The van der Waals surface area contributed by atoms with E-state index in [1.807, 2.05) is 0 Å². The number of phenols is 2. The minimum absolute atomic E-state index is 0.120. The highest BCUT2D eigenvalue weighted by Gasteiger charge is 2.33. The Hall–Kier alpha value is -2.84. The summed E-state index contributed by atoms with van der Waals surface area (Å²) in [5, 5.41) is 28.0. The molecule has 1 aliphatic heterocycles. The molecule has 0 aliphatic carbocycles. The molecule has 0 atom stereocenters. The molecule has 1 saturated heterocycles. The van der Waals surface area contributed by atoms with Gasteiger partial charge in [0.05, 0.1) is 10.6 Å². The quantitative estimate of drug-likeness (QED) is 0.561. The molecule has 8 heteroatoms. The van der Waals surface area contributed by atoms with Gasteiger partial charge >= 0.3 is 5.97 Å². The predicted molar refractivity (Wildman–Crippen MR) is 98.8 cm³/mol. The molecular formula is C17H11NO5S2. The molecule has 0 unspecified atom stereocenters.